The number of alkyl halides is 6. The predicted molar refractivity (Wildman–Crippen MR) is 110 cm³/mol. The SMILES string of the molecule is FC(F)(F)c1ccc2nc1OCCC/C=C/CC(OCc1ccccc1)(C(F)(F)F)c1nnc-2o1. The summed E-state index contributed by atoms with van der Waals surface area (Å²) in [5.41, 5.74) is -3.89. The quantitative estimate of drug-likeness (QED) is 0.314. The van der Waals surface area contributed by atoms with Gasteiger partial charge in [0.15, 0.2) is 0 Å². The molecule has 0 saturated heterocycles. The van der Waals surface area contributed by atoms with Gasteiger partial charge in [-0.25, -0.2) is 4.98 Å². The van der Waals surface area contributed by atoms with Gasteiger partial charge in [0.25, 0.3) is 11.8 Å². The lowest BCUT2D eigenvalue weighted by Crippen LogP contribution is -2.45. The highest BCUT2D eigenvalue weighted by Crippen LogP contribution is 2.46. The number of rotatable bonds is 3. The summed E-state index contributed by atoms with van der Waals surface area (Å²) in [5, 5.41) is 7.18. The Hall–Kier alpha value is -3.41. The van der Waals surface area contributed by atoms with Crippen LogP contribution in [-0.4, -0.2) is 28.0 Å². The van der Waals surface area contributed by atoms with Gasteiger partial charge in [0, 0.05) is 6.42 Å². The maximum Gasteiger partial charge on any atom is 0.426 e. The smallest absolute Gasteiger partial charge is 0.426 e. The molecule has 1 atom stereocenters. The monoisotopic (exact) mass is 499 g/mol. The van der Waals surface area contributed by atoms with Crippen molar-refractivity contribution in [3.05, 3.63) is 71.6 Å². The Morgan fingerprint density at radius 2 is 1.71 bits per heavy atom. The molecule has 186 valence electrons. The number of allylic oxidation sites excluding steroid dienone is 1. The van der Waals surface area contributed by atoms with E-state index in [9.17, 15) is 26.3 Å². The first kappa shape index (κ1) is 24.7. The van der Waals surface area contributed by atoms with Crippen molar-refractivity contribution in [2.75, 3.05) is 6.61 Å². The summed E-state index contributed by atoms with van der Waals surface area (Å²) < 4.78 is 99.5. The molecule has 0 amide bonds. The summed E-state index contributed by atoms with van der Waals surface area (Å²) in [5.74, 6) is -2.11. The normalized spacial score (nSPS) is 20.1. The van der Waals surface area contributed by atoms with Crippen molar-refractivity contribution in [1.29, 1.82) is 0 Å². The molecule has 0 aliphatic carbocycles. The second-order valence-electron chi connectivity index (χ2n) is 7.72. The van der Waals surface area contributed by atoms with Crippen molar-refractivity contribution in [3.8, 4) is 17.5 Å². The third-order valence-corrected chi connectivity index (χ3v) is 5.27. The minimum absolute atomic E-state index is 0.131. The Morgan fingerprint density at radius 3 is 2.43 bits per heavy atom. The zero-order valence-corrected chi connectivity index (χ0v) is 18.1. The maximum absolute atomic E-state index is 14.5. The summed E-state index contributed by atoms with van der Waals surface area (Å²) in [6, 6.07) is 9.88. The number of hydrogen-bond donors (Lipinski definition) is 0. The van der Waals surface area contributed by atoms with E-state index in [4.69, 9.17) is 13.9 Å². The first-order valence-electron chi connectivity index (χ1n) is 10.6. The van der Waals surface area contributed by atoms with Crippen molar-refractivity contribution in [2.45, 2.75) is 43.8 Å². The van der Waals surface area contributed by atoms with Gasteiger partial charge in [-0.05, 0) is 30.5 Å². The fraction of sp³-hybridized carbons (Fsp3) is 0.348. The van der Waals surface area contributed by atoms with Crippen molar-refractivity contribution < 1.29 is 40.2 Å². The Morgan fingerprint density at radius 1 is 0.943 bits per heavy atom. The standard InChI is InChI=1S/C23H19F6N3O3/c24-22(25,26)16-10-11-17-19-31-32-20(35-19)21(23(27,28)29,34-14-15-8-4-3-5-9-15)12-6-1-2-7-13-33-18(16)30-17/h1,3-6,8-11H,2,7,12-14H2/b6-1+. The van der Waals surface area contributed by atoms with E-state index in [0.29, 0.717) is 11.6 Å². The third kappa shape index (κ3) is 5.31. The molecule has 0 fully saturated rings. The Labute approximate surface area is 195 Å². The highest BCUT2D eigenvalue weighted by atomic mass is 19.4. The molecule has 35 heavy (non-hydrogen) atoms. The van der Waals surface area contributed by atoms with E-state index in [2.05, 4.69) is 15.2 Å². The summed E-state index contributed by atoms with van der Waals surface area (Å²) in [6.45, 7) is -0.531. The fourth-order valence-corrected chi connectivity index (χ4v) is 3.42. The van der Waals surface area contributed by atoms with Crippen LogP contribution in [0, 0.1) is 0 Å². The minimum atomic E-state index is -4.96. The van der Waals surface area contributed by atoms with Crippen LogP contribution < -0.4 is 4.74 Å². The molecule has 2 aromatic heterocycles. The minimum Gasteiger partial charge on any atom is -0.477 e. The second-order valence-corrected chi connectivity index (χ2v) is 7.72. The van der Waals surface area contributed by atoms with Crippen molar-refractivity contribution in [2.24, 2.45) is 0 Å². The molecule has 3 heterocycles. The van der Waals surface area contributed by atoms with Gasteiger partial charge in [0.05, 0.1) is 13.2 Å². The summed E-state index contributed by atoms with van der Waals surface area (Å²) in [7, 11) is 0. The molecule has 12 heteroatoms. The lowest BCUT2D eigenvalue weighted by molar-refractivity contribution is -0.295. The lowest BCUT2D eigenvalue weighted by Gasteiger charge is -2.31. The summed E-state index contributed by atoms with van der Waals surface area (Å²) >= 11 is 0. The molecule has 6 nitrogen and oxygen atoms in total. The zero-order chi connectivity index (χ0) is 25.1. The van der Waals surface area contributed by atoms with E-state index in [-0.39, 0.29) is 25.1 Å². The summed E-state index contributed by atoms with van der Waals surface area (Å²) in [4.78, 5) is 3.80. The molecule has 4 rings (SSSR count). The van der Waals surface area contributed by atoms with Crippen molar-refractivity contribution >= 4 is 0 Å². The van der Waals surface area contributed by atoms with Crippen LogP contribution >= 0.6 is 0 Å². The number of ether oxygens (including phenoxy) is 2. The van der Waals surface area contributed by atoms with E-state index in [1.54, 1.807) is 30.3 Å². The molecule has 1 unspecified atom stereocenters. The van der Waals surface area contributed by atoms with Gasteiger partial charge in [-0.3, -0.25) is 0 Å². The number of halogens is 6. The van der Waals surface area contributed by atoms with Gasteiger partial charge in [-0.1, -0.05) is 42.5 Å². The lowest BCUT2D eigenvalue weighted by atomic mass is 9.97. The molecule has 0 saturated carbocycles. The average molecular weight is 499 g/mol. The van der Waals surface area contributed by atoms with Gasteiger partial charge in [0.2, 0.25) is 11.5 Å². The van der Waals surface area contributed by atoms with E-state index < -0.39 is 54.2 Å². The molecule has 0 spiro atoms. The van der Waals surface area contributed by atoms with Crippen LogP contribution in [0.4, 0.5) is 26.3 Å². The van der Waals surface area contributed by atoms with Crippen LogP contribution in [0.5, 0.6) is 5.88 Å². The molecule has 0 N–H and O–H groups in total. The number of benzene rings is 1. The van der Waals surface area contributed by atoms with Gasteiger partial charge >= 0.3 is 12.4 Å². The van der Waals surface area contributed by atoms with Crippen LogP contribution in [0.1, 0.15) is 36.3 Å². The highest BCUT2D eigenvalue weighted by Gasteiger charge is 2.60. The topological polar surface area (TPSA) is 70.3 Å². The Balaban J connectivity index is 1.79. The van der Waals surface area contributed by atoms with Gasteiger partial charge < -0.3 is 13.9 Å². The van der Waals surface area contributed by atoms with Crippen LogP contribution in [0.15, 0.2) is 59.0 Å². The Kier molecular flexibility index (Phi) is 6.84. The zero-order valence-electron chi connectivity index (χ0n) is 18.1. The van der Waals surface area contributed by atoms with Crippen LogP contribution in [0.25, 0.3) is 11.6 Å². The maximum atomic E-state index is 14.5. The molecule has 1 aliphatic rings. The second kappa shape index (κ2) is 9.68. The number of nitrogens with zero attached hydrogens (tertiary/aromatic N) is 3. The molecule has 4 bridgehead atoms. The molecule has 3 aromatic rings. The molecular weight excluding hydrogens is 480 g/mol. The van der Waals surface area contributed by atoms with Crippen LogP contribution in [-0.2, 0) is 23.1 Å². The van der Waals surface area contributed by atoms with Gasteiger partial charge in [0.1, 0.15) is 11.3 Å². The number of fused-ring (bicyclic) bond motifs is 5. The first-order chi connectivity index (χ1) is 16.6. The van der Waals surface area contributed by atoms with E-state index in [1.165, 1.54) is 12.2 Å². The number of hydrogen-bond acceptors (Lipinski definition) is 6. The number of aromatic nitrogens is 3. The van der Waals surface area contributed by atoms with Crippen LogP contribution in [0.2, 0.25) is 0 Å². The molecular formula is C23H19F6N3O3. The van der Waals surface area contributed by atoms with E-state index >= 15 is 0 Å². The molecule has 1 aromatic carbocycles. The van der Waals surface area contributed by atoms with Crippen molar-refractivity contribution in [1.82, 2.24) is 15.2 Å². The highest BCUT2D eigenvalue weighted by molar-refractivity contribution is 5.50. The van der Waals surface area contributed by atoms with Gasteiger partial charge in [-0.15, -0.1) is 10.2 Å². The van der Waals surface area contributed by atoms with Gasteiger partial charge in [-0.2, -0.15) is 26.3 Å². The predicted octanol–water partition coefficient (Wildman–Crippen LogP) is 6.24. The van der Waals surface area contributed by atoms with Crippen molar-refractivity contribution in [3.63, 3.8) is 0 Å². The Bertz CT molecular complexity index is 1180. The first-order valence-corrected chi connectivity index (χ1v) is 10.6. The summed E-state index contributed by atoms with van der Waals surface area (Å²) in [6.07, 6.45) is -7.12. The largest absolute Gasteiger partial charge is 0.477 e. The van der Waals surface area contributed by atoms with E-state index in [1.807, 2.05) is 0 Å². The average Bonchev–Trinajstić information content (AvgIpc) is 3.29. The molecule has 0 radical (unpaired) electrons. The molecule has 1 aliphatic heterocycles. The van der Waals surface area contributed by atoms with Crippen LogP contribution in [0.3, 0.4) is 0 Å². The third-order valence-electron chi connectivity index (χ3n) is 5.27. The van der Waals surface area contributed by atoms with E-state index in [0.717, 1.165) is 6.07 Å². The number of pyridine rings is 1. The fourth-order valence-electron chi connectivity index (χ4n) is 3.42.